The minimum Gasteiger partial charge on any atom is -0.398 e. The summed E-state index contributed by atoms with van der Waals surface area (Å²) in [5.74, 6) is -0.221. The Morgan fingerprint density at radius 1 is 1.40 bits per heavy atom. The van der Waals surface area contributed by atoms with E-state index in [-0.39, 0.29) is 5.91 Å². The van der Waals surface area contributed by atoms with Gasteiger partial charge in [0, 0.05) is 15.4 Å². The summed E-state index contributed by atoms with van der Waals surface area (Å²) in [6, 6.07) is 7.29. The molecule has 1 amide bonds. The molecule has 2 aromatic rings. The lowest BCUT2D eigenvalue weighted by Crippen LogP contribution is -2.23. The second-order valence-electron chi connectivity index (χ2n) is 4.90. The van der Waals surface area contributed by atoms with E-state index in [4.69, 9.17) is 17.3 Å². The van der Waals surface area contributed by atoms with Crippen molar-refractivity contribution in [2.75, 3.05) is 5.73 Å². The molecule has 0 saturated heterocycles. The number of nitrogen functional groups attached to an aromatic ring is 1. The number of nitrogens with two attached hydrogens (primary N) is 1. The van der Waals surface area contributed by atoms with Crippen LogP contribution >= 0.6 is 22.9 Å². The molecule has 20 heavy (non-hydrogen) atoms. The topological polar surface area (TPSA) is 55.1 Å². The third-order valence-electron chi connectivity index (χ3n) is 3.49. The molecular formula is C15H15ClN2OS. The van der Waals surface area contributed by atoms with Gasteiger partial charge in [-0.3, -0.25) is 4.79 Å². The van der Waals surface area contributed by atoms with E-state index in [2.05, 4.69) is 11.4 Å². The second kappa shape index (κ2) is 5.46. The average Bonchev–Trinajstić information content (AvgIpc) is 2.96. The lowest BCUT2D eigenvalue weighted by atomic mass is 10.1. The number of nitrogens with one attached hydrogen (secondary N) is 1. The summed E-state index contributed by atoms with van der Waals surface area (Å²) < 4.78 is 0. The van der Waals surface area contributed by atoms with E-state index in [1.807, 2.05) is 0 Å². The van der Waals surface area contributed by atoms with Crippen LogP contribution in [-0.4, -0.2) is 5.91 Å². The molecule has 0 spiro atoms. The first-order valence-electron chi connectivity index (χ1n) is 6.58. The van der Waals surface area contributed by atoms with Gasteiger partial charge in [-0.25, -0.2) is 0 Å². The first kappa shape index (κ1) is 13.5. The van der Waals surface area contributed by atoms with E-state index in [0.717, 1.165) is 6.42 Å². The van der Waals surface area contributed by atoms with Crippen LogP contribution in [0.2, 0.25) is 5.02 Å². The zero-order valence-electron chi connectivity index (χ0n) is 10.9. The Morgan fingerprint density at radius 3 is 3.00 bits per heavy atom. The molecule has 0 saturated carbocycles. The Kier molecular flexibility index (Phi) is 3.68. The quantitative estimate of drug-likeness (QED) is 0.854. The molecule has 0 fully saturated rings. The van der Waals surface area contributed by atoms with Gasteiger partial charge in [-0.1, -0.05) is 17.7 Å². The first-order valence-corrected chi connectivity index (χ1v) is 7.77. The maximum Gasteiger partial charge on any atom is 0.255 e. The van der Waals surface area contributed by atoms with Gasteiger partial charge in [-0.05, 0) is 43.0 Å². The number of hydrogen-bond acceptors (Lipinski definition) is 3. The van der Waals surface area contributed by atoms with Crippen LogP contribution in [0.3, 0.4) is 0 Å². The minimum atomic E-state index is -0.221. The van der Waals surface area contributed by atoms with E-state index in [1.54, 1.807) is 29.5 Å². The zero-order valence-corrected chi connectivity index (χ0v) is 12.5. The highest BCUT2D eigenvalue weighted by atomic mass is 35.5. The fourth-order valence-electron chi connectivity index (χ4n) is 2.51. The zero-order chi connectivity index (χ0) is 14.1. The number of anilines is 1. The van der Waals surface area contributed by atoms with Crippen LogP contribution in [0.5, 0.6) is 0 Å². The molecule has 1 aliphatic rings. The molecule has 0 atom stereocenters. The summed E-state index contributed by atoms with van der Waals surface area (Å²) in [6.07, 6.45) is 3.59. The van der Waals surface area contributed by atoms with E-state index >= 15 is 0 Å². The summed E-state index contributed by atoms with van der Waals surface area (Å²) in [6.45, 7) is 0.529. The lowest BCUT2D eigenvalue weighted by molar-refractivity contribution is 0.0952. The number of carbonyl (C=O) groups is 1. The van der Waals surface area contributed by atoms with Crippen molar-refractivity contribution in [2.45, 2.75) is 25.8 Å². The van der Waals surface area contributed by atoms with E-state index in [9.17, 15) is 4.79 Å². The third kappa shape index (κ3) is 2.53. The van der Waals surface area contributed by atoms with Gasteiger partial charge in [0.2, 0.25) is 0 Å². The fourth-order valence-corrected chi connectivity index (χ4v) is 3.98. The van der Waals surface area contributed by atoms with E-state index < -0.39 is 0 Å². The van der Waals surface area contributed by atoms with Crippen LogP contribution in [-0.2, 0) is 19.4 Å². The van der Waals surface area contributed by atoms with Crippen LogP contribution in [0, 0.1) is 0 Å². The number of halogens is 1. The van der Waals surface area contributed by atoms with E-state index in [1.165, 1.54) is 28.2 Å². The normalized spacial score (nSPS) is 13.2. The van der Waals surface area contributed by atoms with E-state index in [0.29, 0.717) is 22.8 Å². The van der Waals surface area contributed by atoms with Crippen molar-refractivity contribution in [3.8, 4) is 0 Å². The second-order valence-corrected chi connectivity index (χ2v) is 6.53. The number of thiophene rings is 1. The predicted molar refractivity (Wildman–Crippen MR) is 83.4 cm³/mol. The number of hydrogen-bond donors (Lipinski definition) is 2. The summed E-state index contributed by atoms with van der Waals surface area (Å²) >= 11 is 7.82. The summed E-state index contributed by atoms with van der Waals surface area (Å²) in [4.78, 5) is 14.8. The Balaban J connectivity index is 1.70. The molecule has 1 aromatic carbocycles. The SMILES string of the molecule is Nc1cccc(Cl)c1C(=O)NCc1cc2c(s1)CCC2. The number of carbonyl (C=O) groups excluding carboxylic acids is 1. The molecule has 1 aliphatic carbocycles. The molecule has 1 aromatic heterocycles. The molecule has 3 nitrogen and oxygen atoms in total. The number of rotatable bonds is 3. The van der Waals surface area contributed by atoms with Gasteiger partial charge in [-0.2, -0.15) is 0 Å². The maximum absolute atomic E-state index is 12.2. The predicted octanol–water partition coefficient (Wildman–Crippen LogP) is 3.40. The van der Waals surface area contributed by atoms with Crippen LogP contribution in [0.15, 0.2) is 24.3 Å². The fraction of sp³-hybridized carbons (Fsp3) is 0.267. The third-order valence-corrected chi connectivity index (χ3v) is 5.05. The highest BCUT2D eigenvalue weighted by molar-refractivity contribution is 7.12. The Bertz CT molecular complexity index is 624. The van der Waals surface area contributed by atoms with Crippen LogP contribution in [0.25, 0.3) is 0 Å². The smallest absolute Gasteiger partial charge is 0.255 e. The van der Waals surface area contributed by atoms with Crippen molar-refractivity contribution in [2.24, 2.45) is 0 Å². The van der Waals surface area contributed by atoms with Gasteiger partial charge in [0.05, 0.1) is 17.1 Å². The van der Waals surface area contributed by atoms with Crippen LogP contribution in [0.4, 0.5) is 5.69 Å². The number of fused-ring (bicyclic) bond motifs is 1. The summed E-state index contributed by atoms with van der Waals surface area (Å²) in [5.41, 5.74) is 8.01. The largest absolute Gasteiger partial charge is 0.398 e. The summed E-state index contributed by atoms with van der Waals surface area (Å²) in [5, 5.41) is 3.28. The molecule has 1 heterocycles. The van der Waals surface area contributed by atoms with Gasteiger partial charge in [-0.15, -0.1) is 11.3 Å². The van der Waals surface area contributed by atoms with Crippen molar-refractivity contribution in [3.63, 3.8) is 0 Å². The maximum atomic E-state index is 12.2. The molecule has 0 aliphatic heterocycles. The molecule has 0 unspecified atom stereocenters. The number of aryl methyl sites for hydroxylation is 2. The minimum absolute atomic E-state index is 0.221. The van der Waals surface area contributed by atoms with Gasteiger partial charge in [0.15, 0.2) is 0 Å². The Morgan fingerprint density at radius 2 is 2.25 bits per heavy atom. The summed E-state index contributed by atoms with van der Waals surface area (Å²) in [7, 11) is 0. The van der Waals surface area contributed by atoms with Gasteiger partial charge < -0.3 is 11.1 Å². The highest BCUT2D eigenvalue weighted by Crippen LogP contribution is 2.30. The van der Waals surface area contributed by atoms with Crippen molar-refractivity contribution in [1.29, 1.82) is 0 Å². The molecule has 0 radical (unpaired) electrons. The van der Waals surface area contributed by atoms with Crippen molar-refractivity contribution < 1.29 is 4.79 Å². The first-order chi connectivity index (χ1) is 9.65. The number of amides is 1. The lowest BCUT2D eigenvalue weighted by Gasteiger charge is -2.08. The van der Waals surface area contributed by atoms with Gasteiger partial charge >= 0.3 is 0 Å². The standard InChI is InChI=1S/C15H15ClN2OS/c16-11-4-2-5-12(17)14(11)15(19)18-8-10-7-9-3-1-6-13(9)20-10/h2,4-5,7H,1,3,6,8,17H2,(H,18,19). The molecule has 3 N–H and O–H groups in total. The van der Waals surface area contributed by atoms with Crippen molar-refractivity contribution >= 4 is 34.5 Å². The monoisotopic (exact) mass is 306 g/mol. The molecule has 104 valence electrons. The van der Waals surface area contributed by atoms with Crippen molar-refractivity contribution in [3.05, 3.63) is 50.2 Å². The Labute approximate surface area is 126 Å². The highest BCUT2D eigenvalue weighted by Gasteiger charge is 2.17. The van der Waals surface area contributed by atoms with Crippen LogP contribution in [0.1, 0.15) is 32.1 Å². The van der Waals surface area contributed by atoms with Gasteiger partial charge in [0.1, 0.15) is 0 Å². The molecule has 0 bridgehead atoms. The van der Waals surface area contributed by atoms with Crippen LogP contribution < -0.4 is 11.1 Å². The number of benzene rings is 1. The van der Waals surface area contributed by atoms with Gasteiger partial charge in [0.25, 0.3) is 5.91 Å². The van der Waals surface area contributed by atoms with Crippen molar-refractivity contribution in [1.82, 2.24) is 5.32 Å². The Hall–Kier alpha value is -1.52. The molecular weight excluding hydrogens is 292 g/mol. The molecule has 3 rings (SSSR count). The average molecular weight is 307 g/mol. The molecule has 5 heteroatoms.